The van der Waals surface area contributed by atoms with Gasteiger partial charge in [-0.2, -0.15) is 0 Å². The molecule has 1 nitrogen and oxygen atoms in total. The maximum Gasteiger partial charge on any atom is 0.0112 e. The van der Waals surface area contributed by atoms with Crippen LogP contribution >= 0.6 is 0 Å². The van der Waals surface area contributed by atoms with Gasteiger partial charge < -0.3 is 5.32 Å². The molecule has 0 bridgehead atoms. The van der Waals surface area contributed by atoms with Crippen LogP contribution in [0.4, 0.5) is 0 Å². The van der Waals surface area contributed by atoms with E-state index in [0.29, 0.717) is 0 Å². The predicted octanol–water partition coefficient (Wildman–Crippen LogP) is 1.56. The molecule has 0 saturated carbocycles. The summed E-state index contributed by atoms with van der Waals surface area (Å²) in [5.41, 5.74) is 1.05. The molecule has 1 rings (SSSR count). The van der Waals surface area contributed by atoms with Crippen molar-refractivity contribution in [3.05, 3.63) is 36.7 Å². The third kappa shape index (κ3) is 1.26. The van der Waals surface area contributed by atoms with E-state index in [1.54, 1.807) is 0 Å². The van der Waals surface area contributed by atoms with Crippen LogP contribution in [0.1, 0.15) is 6.42 Å². The van der Waals surface area contributed by atoms with Crippen LogP contribution in [0.2, 0.25) is 0 Å². The van der Waals surface area contributed by atoms with E-state index in [9.17, 15) is 0 Å². The lowest BCUT2D eigenvalue weighted by Gasteiger charge is -1.96. The fraction of sp³-hybridized carbons (Fsp3) is 0.143. The van der Waals surface area contributed by atoms with Crippen LogP contribution in [0.5, 0.6) is 0 Å². The summed E-state index contributed by atoms with van der Waals surface area (Å²) in [6.45, 7) is 3.76. The molecule has 0 aliphatic carbocycles. The van der Waals surface area contributed by atoms with Crippen molar-refractivity contribution < 1.29 is 0 Å². The second-order valence-electron chi connectivity index (χ2n) is 1.74. The van der Waals surface area contributed by atoms with Gasteiger partial charge in [-0.1, -0.05) is 18.7 Å². The van der Waals surface area contributed by atoms with Crippen molar-refractivity contribution in [2.24, 2.45) is 0 Å². The molecule has 0 atom stereocenters. The van der Waals surface area contributed by atoms with Crippen molar-refractivity contribution in [1.82, 2.24) is 5.32 Å². The summed E-state index contributed by atoms with van der Waals surface area (Å²) >= 11 is 0. The van der Waals surface area contributed by atoms with Crippen molar-refractivity contribution in [1.29, 1.82) is 0 Å². The maximum absolute atomic E-state index is 3.76. The molecule has 1 heteroatoms. The molecule has 0 amide bonds. The van der Waals surface area contributed by atoms with Crippen molar-refractivity contribution in [2.45, 2.75) is 6.42 Å². The van der Waals surface area contributed by atoms with E-state index < -0.39 is 0 Å². The minimum Gasteiger partial charge on any atom is -0.365 e. The first-order valence-corrected chi connectivity index (χ1v) is 2.65. The van der Waals surface area contributed by atoms with Crippen LogP contribution < -0.4 is 5.32 Å². The molecule has 1 N–H and O–H groups in total. The molecule has 0 fully saturated rings. The van der Waals surface area contributed by atoms with Crippen molar-refractivity contribution in [3.63, 3.8) is 0 Å². The standard InChI is InChI=1S/C7H9N/c1-7-5-3-2-4-6-8-7/h2-4,6,8H,1,5H2. The highest BCUT2D eigenvalue weighted by atomic mass is 14.8. The molecule has 0 unspecified atom stereocenters. The Morgan fingerprint density at radius 1 is 1.50 bits per heavy atom. The average Bonchev–Trinajstić information content (AvgIpc) is 1.94. The molecular weight excluding hydrogens is 98.1 g/mol. The Morgan fingerprint density at radius 2 is 2.38 bits per heavy atom. The zero-order valence-electron chi connectivity index (χ0n) is 4.72. The number of hydrogen-bond donors (Lipinski definition) is 1. The van der Waals surface area contributed by atoms with Gasteiger partial charge >= 0.3 is 0 Å². The average molecular weight is 107 g/mol. The van der Waals surface area contributed by atoms with E-state index in [4.69, 9.17) is 0 Å². The summed E-state index contributed by atoms with van der Waals surface area (Å²) in [6.07, 6.45) is 8.85. The maximum atomic E-state index is 3.76. The number of hydrogen-bond acceptors (Lipinski definition) is 1. The normalized spacial score (nSPS) is 17.8. The lowest BCUT2D eigenvalue weighted by Crippen LogP contribution is -1.99. The summed E-state index contributed by atoms with van der Waals surface area (Å²) in [5.74, 6) is 0. The molecular formula is C7H9N. The summed E-state index contributed by atoms with van der Waals surface area (Å²) in [6, 6.07) is 0. The zero-order valence-corrected chi connectivity index (χ0v) is 4.72. The highest BCUT2D eigenvalue weighted by Crippen LogP contribution is 1.97. The third-order valence-corrected chi connectivity index (χ3v) is 0.995. The summed E-state index contributed by atoms with van der Waals surface area (Å²) in [4.78, 5) is 0. The molecule has 0 radical (unpaired) electrons. The molecule has 0 aromatic heterocycles. The second kappa shape index (κ2) is 2.36. The molecule has 1 heterocycles. The summed E-state index contributed by atoms with van der Waals surface area (Å²) in [5, 5.41) is 3.01. The van der Waals surface area contributed by atoms with Gasteiger partial charge in [0.2, 0.25) is 0 Å². The van der Waals surface area contributed by atoms with Crippen LogP contribution in [0.3, 0.4) is 0 Å². The molecule has 42 valence electrons. The predicted molar refractivity (Wildman–Crippen MR) is 35.2 cm³/mol. The van der Waals surface area contributed by atoms with E-state index >= 15 is 0 Å². The molecule has 8 heavy (non-hydrogen) atoms. The fourth-order valence-corrected chi connectivity index (χ4v) is 0.569. The summed E-state index contributed by atoms with van der Waals surface area (Å²) in [7, 11) is 0. The van der Waals surface area contributed by atoms with Crippen molar-refractivity contribution in [2.75, 3.05) is 0 Å². The monoisotopic (exact) mass is 107 g/mol. The largest absolute Gasteiger partial charge is 0.365 e. The first-order chi connectivity index (χ1) is 3.89. The van der Waals surface area contributed by atoms with E-state index in [1.807, 2.05) is 18.4 Å². The first-order valence-electron chi connectivity index (χ1n) is 2.65. The minimum atomic E-state index is 0.938. The second-order valence-corrected chi connectivity index (χ2v) is 1.74. The zero-order chi connectivity index (χ0) is 5.82. The third-order valence-electron chi connectivity index (χ3n) is 0.995. The lowest BCUT2D eigenvalue weighted by molar-refractivity contribution is 1.01. The van der Waals surface area contributed by atoms with E-state index in [0.717, 1.165) is 12.1 Å². The fourth-order valence-electron chi connectivity index (χ4n) is 0.569. The molecule has 0 aromatic rings. The van der Waals surface area contributed by atoms with E-state index in [1.165, 1.54) is 0 Å². The Kier molecular flexibility index (Phi) is 1.52. The van der Waals surface area contributed by atoms with Gasteiger partial charge in [0.05, 0.1) is 0 Å². The van der Waals surface area contributed by atoms with E-state index in [-0.39, 0.29) is 0 Å². The van der Waals surface area contributed by atoms with Gasteiger partial charge in [0.15, 0.2) is 0 Å². The van der Waals surface area contributed by atoms with Crippen molar-refractivity contribution >= 4 is 0 Å². The minimum absolute atomic E-state index is 0.938. The van der Waals surface area contributed by atoms with Gasteiger partial charge in [0, 0.05) is 18.3 Å². The number of nitrogens with one attached hydrogen (secondary N) is 1. The number of rotatable bonds is 0. The number of allylic oxidation sites excluding steroid dienone is 3. The molecule has 1 aliphatic heterocycles. The highest BCUT2D eigenvalue weighted by Gasteiger charge is 1.86. The van der Waals surface area contributed by atoms with Crippen LogP contribution in [-0.2, 0) is 0 Å². The van der Waals surface area contributed by atoms with Crippen LogP contribution in [0.15, 0.2) is 36.7 Å². The Balaban J connectivity index is 2.58. The smallest absolute Gasteiger partial charge is 0.0112 e. The van der Waals surface area contributed by atoms with Crippen molar-refractivity contribution in [3.8, 4) is 0 Å². The van der Waals surface area contributed by atoms with Crippen LogP contribution in [0, 0.1) is 0 Å². The molecule has 0 aromatic carbocycles. The molecule has 0 saturated heterocycles. The molecule has 0 spiro atoms. The Bertz CT molecular complexity index is 126. The quantitative estimate of drug-likeness (QED) is 0.495. The molecule has 1 aliphatic rings. The van der Waals surface area contributed by atoms with Gasteiger partial charge in [-0.15, -0.1) is 0 Å². The lowest BCUT2D eigenvalue weighted by atomic mass is 10.3. The van der Waals surface area contributed by atoms with Crippen LogP contribution in [-0.4, -0.2) is 0 Å². The Labute approximate surface area is 49.4 Å². The van der Waals surface area contributed by atoms with Gasteiger partial charge in [-0.25, -0.2) is 0 Å². The Hall–Kier alpha value is -0.980. The van der Waals surface area contributed by atoms with Gasteiger partial charge in [-0.05, 0) is 6.08 Å². The van der Waals surface area contributed by atoms with Gasteiger partial charge in [0.25, 0.3) is 0 Å². The first kappa shape index (κ1) is 5.16. The topological polar surface area (TPSA) is 12.0 Å². The van der Waals surface area contributed by atoms with Crippen LogP contribution in [0.25, 0.3) is 0 Å². The Morgan fingerprint density at radius 3 is 3.25 bits per heavy atom. The SMILES string of the molecule is C=C1CC=CC=CN1. The van der Waals surface area contributed by atoms with Gasteiger partial charge in [-0.3, -0.25) is 0 Å². The highest BCUT2D eigenvalue weighted by molar-refractivity contribution is 5.13. The van der Waals surface area contributed by atoms with Gasteiger partial charge in [0.1, 0.15) is 0 Å². The van der Waals surface area contributed by atoms with E-state index in [2.05, 4.69) is 18.0 Å². The summed E-state index contributed by atoms with van der Waals surface area (Å²) < 4.78 is 0.